The van der Waals surface area contributed by atoms with E-state index >= 15 is 0 Å². The van der Waals surface area contributed by atoms with E-state index in [0.717, 1.165) is 6.07 Å². The SMILES string of the molecule is CC(CO)n1nnc2ccc(F)c(F)c21. The lowest BCUT2D eigenvalue weighted by Gasteiger charge is -2.08. The second-order valence-electron chi connectivity index (χ2n) is 3.29. The fourth-order valence-corrected chi connectivity index (χ4v) is 1.36. The fourth-order valence-electron chi connectivity index (χ4n) is 1.36. The van der Waals surface area contributed by atoms with Gasteiger partial charge in [0.2, 0.25) is 0 Å². The number of fused-ring (bicyclic) bond motifs is 1. The Morgan fingerprint density at radius 1 is 1.47 bits per heavy atom. The second kappa shape index (κ2) is 3.54. The van der Waals surface area contributed by atoms with E-state index in [1.54, 1.807) is 6.92 Å². The lowest BCUT2D eigenvalue weighted by molar-refractivity contribution is 0.230. The third kappa shape index (κ3) is 1.46. The van der Waals surface area contributed by atoms with Gasteiger partial charge in [-0.1, -0.05) is 5.21 Å². The van der Waals surface area contributed by atoms with E-state index in [-0.39, 0.29) is 17.6 Å². The summed E-state index contributed by atoms with van der Waals surface area (Å²) < 4.78 is 27.6. The van der Waals surface area contributed by atoms with Crippen molar-refractivity contribution in [3.8, 4) is 0 Å². The van der Waals surface area contributed by atoms with E-state index in [2.05, 4.69) is 10.3 Å². The van der Waals surface area contributed by atoms with Crippen LogP contribution >= 0.6 is 0 Å². The zero-order chi connectivity index (χ0) is 11.0. The quantitative estimate of drug-likeness (QED) is 0.817. The summed E-state index contributed by atoms with van der Waals surface area (Å²) in [5, 5.41) is 16.3. The van der Waals surface area contributed by atoms with Gasteiger partial charge in [-0.15, -0.1) is 5.10 Å². The molecule has 2 aromatic rings. The number of rotatable bonds is 2. The highest BCUT2D eigenvalue weighted by Gasteiger charge is 2.16. The second-order valence-corrected chi connectivity index (χ2v) is 3.29. The van der Waals surface area contributed by atoms with Crippen LogP contribution in [0.1, 0.15) is 13.0 Å². The van der Waals surface area contributed by atoms with Crippen molar-refractivity contribution in [3.63, 3.8) is 0 Å². The summed E-state index contributed by atoms with van der Waals surface area (Å²) in [5.41, 5.74) is 0.255. The number of aromatic nitrogens is 3. The highest BCUT2D eigenvalue weighted by molar-refractivity contribution is 5.75. The van der Waals surface area contributed by atoms with Crippen LogP contribution in [0.3, 0.4) is 0 Å². The molecule has 1 aromatic carbocycles. The van der Waals surface area contributed by atoms with Crippen molar-refractivity contribution in [1.82, 2.24) is 15.0 Å². The zero-order valence-electron chi connectivity index (χ0n) is 7.98. The monoisotopic (exact) mass is 213 g/mol. The standard InChI is InChI=1S/C9H9F2N3O/c1-5(4-15)14-9-7(12-13-14)3-2-6(10)8(9)11/h2-3,5,15H,4H2,1H3. The van der Waals surface area contributed by atoms with Crippen LogP contribution in [-0.4, -0.2) is 26.7 Å². The lowest BCUT2D eigenvalue weighted by atomic mass is 10.2. The van der Waals surface area contributed by atoms with E-state index < -0.39 is 17.7 Å². The molecule has 4 nitrogen and oxygen atoms in total. The summed E-state index contributed by atoms with van der Waals surface area (Å²) in [5.74, 6) is -1.94. The molecule has 0 aliphatic rings. The van der Waals surface area contributed by atoms with Crippen molar-refractivity contribution < 1.29 is 13.9 Å². The topological polar surface area (TPSA) is 50.9 Å². The molecule has 15 heavy (non-hydrogen) atoms. The Morgan fingerprint density at radius 2 is 2.20 bits per heavy atom. The number of benzene rings is 1. The van der Waals surface area contributed by atoms with Gasteiger partial charge in [0.15, 0.2) is 11.6 Å². The summed E-state index contributed by atoms with van der Waals surface area (Å²) >= 11 is 0. The van der Waals surface area contributed by atoms with E-state index in [4.69, 9.17) is 5.11 Å². The van der Waals surface area contributed by atoms with Crippen molar-refractivity contribution in [1.29, 1.82) is 0 Å². The summed E-state index contributed by atoms with van der Waals surface area (Å²) in [6, 6.07) is 1.91. The van der Waals surface area contributed by atoms with Gasteiger partial charge in [0.05, 0.1) is 12.6 Å². The molecule has 1 N–H and O–H groups in total. The molecular formula is C9H9F2N3O. The van der Waals surface area contributed by atoms with Gasteiger partial charge in [-0.3, -0.25) is 0 Å². The molecule has 0 fully saturated rings. The Morgan fingerprint density at radius 3 is 2.87 bits per heavy atom. The molecule has 0 bridgehead atoms. The predicted molar refractivity (Wildman–Crippen MR) is 49.2 cm³/mol. The Labute approximate surface area is 84.1 Å². The Bertz CT molecular complexity index is 497. The molecule has 0 aliphatic carbocycles. The first-order valence-corrected chi connectivity index (χ1v) is 4.45. The smallest absolute Gasteiger partial charge is 0.186 e. The molecule has 1 unspecified atom stereocenters. The molecule has 0 amide bonds. The first-order valence-electron chi connectivity index (χ1n) is 4.45. The van der Waals surface area contributed by atoms with E-state index in [1.165, 1.54) is 10.7 Å². The van der Waals surface area contributed by atoms with Gasteiger partial charge >= 0.3 is 0 Å². The normalized spacial score (nSPS) is 13.3. The minimum absolute atomic E-state index is 0.0171. The maximum atomic E-state index is 13.4. The maximum Gasteiger partial charge on any atom is 0.186 e. The van der Waals surface area contributed by atoms with Crippen LogP contribution in [-0.2, 0) is 0 Å². The third-order valence-electron chi connectivity index (χ3n) is 2.21. The molecule has 6 heteroatoms. The van der Waals surface area contributed by atoms with E-state index in [0.29, 0.717) is 0 Å². The van der Waals surface area contributed by atoms with Crippen molar-refractivity contribution in [2.24, 2.45) is 0 Å². The zero-order valence-corrected chi connectivity index (χ0v) is 7.98. The van der Waals surface area contributed by atoms with Gasteiger partial charge in [0.25, 0.3) is 0 Å². The Balaban J connectivity index is 2.72. The molecule has 0 aliphatic heterocycles. The number of aliphatic hydroxyl groups is 1. The first kappa shape index (κ1) is 9.97. The average Bonchev–Trinajstić information content (AvgIpc) is 2.67. The Hall–Kier alpha value is -1.56. The van der Waals surface area contributed by atoms with Crippen LogP contribution in [0.4, 0.5) is 8.78 Å². The number of halogens is 2. The van der Waals surface area contributed by atoms with Crippen molar-refractivity contribution >= 4 is 11.0 Å². The van der Waals surface area contributed by atoms with Crippen molar-refractivity contribution in [3.05, 3.63) is 23.8 Å². The first-order chi connectivity index (χ1) is 7.15. The van der Waals surface area contributed by atoms with Gasteiger partial charge in [0, 0.05) is 0 Å². The predicted octanol–water partition coefficient (Wildman–Crippen LogP) is 1.26. The number of hydrogen-bond donors (Lipinski definition) is 1. The largest absolute Gasteiger partial charge is 0.394 e. The number of nitrogens with zero attached hydrogens (tertiary/aromatic N) is 3. The molecule has 0 spiro atoms. The minimum Gasteiger partial charge on any atom is -0.394 e. The van der Waals surface area contributed by atoms with Crippen LogP contribution in [0, 0.1) is 11.6 Å². The average molecular weight is 213 g/mol. The lowest BCUT2D eigenvalue weighted by Crippen LogP contribution is -2.11. The number of hydrogen-bond acceptors (Lipinski definition) is 3. The summed E-state index contributed by atoms with van der Waals surface area (Å²) in [7, 11) is 0. The molecule has 1 heterocycles. The minimum atomic E-state index is -0.988. The van der Waals surface area contributed by atoms with Crippen molar-refractivity contribution in [2.45, 2.75) is 13.0 Å². The molecule has 0 saturated carbocycles. The Kier molecular flexibility index (Phi) is 2.36. The molecule has 1 aromatic heterocycles. The molecule has 0 saturated heterocycles. The van der Waals surface area contributed by atoms with Gasteiger partial charge in [-0.2, -0.15) is 0 Å². The summed E-state index contributed by atoms with van der Waals surface area (Å²) in [6.45, 7) is 1.42. The molecule has 1 atom stereocenters. The number of aliphatic hydroxyl groups excluding tert-OH is 1. The third-order valence-corrected chi connectivity index (χ3v) is 2.21. The van der Waals surface area contributed by atoms with Crippen LogP contribution in [0.2, 0.25) is 0 Å². The van der Waals surface area contributed by atoms with E-state index in [1.807, 2.05) is 0 Å². The van der Waals surface area contributed by atoms with Gasteiger partial charge in [-0.25, -0.2) is 13.5 Å². The van der Waals surface area contributed by atoms with Crippen LogP contribution in [0.5, 0.6) is 0 Å². The summed E-state index contributed by atoms with van der Waals surface area (Å²) in [6.07, 6.45) is 0. The van der Waals surface area contributed by atoms with Gasteiger partial charge in [0.1, 0.15) is 11.0 Å². The van der Waals surface area contributed by atoms with Crippen LogP contribution < -0.4 is 0 Å². The highest BCUT2D eigenvalue weighted by atomic mass is 19.2. The molecule has 0 radical (unpaired) electrons. The van der Waals surface area contributed by atoms with Crippen molar-refractivity contribution in [2.75, 3.05) is 6.61 Å². The van der Waals surface area contributed by atoms with Gasteiger partial charge < -0.3 is 5.11 Å². The fraction of sp³-hybridized carbons (Fsp3) is 0.333. The summed E-state index contributed by atoms with van der Waals surface area (Å²) in [4.78, 5) is 0. The molecular weight excluding hydrogens is 204 g/mol. The van der Waals surface area contributed by atoms with Crippen LogP contribution in [0.25, 0.3) is 11.0 Å². The van der Waals surface area contributed by atoms with Crippen LogP contribution in [0.15, 0.2) is 12.1 Å². The maximum absolute atomic E-state index is 13.4. The van der Waals surface area contributed by atoms with Gasteiger partial charge in [-0.05, 0) is 19.1 Å². The molecule has 80 valence electrons. The molecule has 2 rings (SSSR count). The highest BCUT2D eigenvalue weighted by Crippen LogP contribution is 2.20. The van der Waals surface area contributed by atoms with E-state index in [9.17, 15) is 8.78 Å².